The van der Waals surface area contributed by atoms with Crippen molar-refractivity contribution in [3.8, 4) is 0 Å². The number of allylic oxidation sites excluding steroid dienone is 1. The van der Waals surface area contributed by atoms with Crippen molar-refractivity contribution in [1.29, 1.82) is 0 Å². The molecule has 0 aromatic rings. The fourth-order valence-corrected chi connectivity index (χ4v) is 0.941. The molecule has 1 rings (SSSR count). The van der Waals surface area contributed by atoms with E-state index in [9.17, 15) is 4.79 Å². The van der Waals surface area contributed by atoms with Crippen LogP contribution in [0.1, 0.15) is 13.8 Å². The summed E-state index contributed by atoms with van der Waals surface area (Å²) in [6.07, 6.45) is 0. The zero-order valence-corrected chi connectivity index (χ0v) is 6.04. The monoisotopic (exact) mass is 145 g/mol. The average molecular weight is 145 g/mol. The van der Waals surface area contributed by atoms with Crippen molar-refractivity contribution in [1.82, 2.24) is 4.72 Å². The summed E-state index contributed by atoms with van der Waals surface area (Å²) >= 11 is 0.957. The predicted octanol–water partition coefficient (Wildman–Crippen LogP) is 0.990. The van der Waals surface area contributed by atoms with E-state index >= 15 is 0 Å². The normalized spacial score (nSPS) is 19.1. The Balaban J connectivity index is 2.84. The van der Waals surface area contributed by atoms with Crippen LogP contribution in [0.25, 0.3) is 0 Å². The summed E-state index contributed by atoms with van der Waals surface area (Å²) in [5, 5.41) is 0. The number of hydrogen-bond donors (Lipinski definition) is 1. The summed E-state index contributed by atoms with van der Waals surface area (Å²) in [6.45, 7) is 3.49. The van der Waals surface area contributed by atoms with Gasteiger partial charge in [-0.3, -0.25) is 9.52 Å². The quantitative estimate of drug-likeness (QED) is 0.408. The summed E-state index contributed by atoms with van der Waals surface area (Å²) in [5.74, 6) is 0.618. The summed E-state index contributed by atoms with van der Waals surface area (Å²) in [4.78, 5) is 10.7. The molecule has 50 valence electrons. The number of carbonyl (C=O) groups excluding carboxylic acids is 1. The Morgan fingerprint density at radius 2 is 2.22 bits per heavy atom. The van der Waals surface area contributed by atoms with Crippen molar-refractivity contribution in [3.05, 3.63) is 11.3 Å². The van der Waals surface area contributed by atoms with Gasteiger partial charge in [-0.1, -0.05) is 0 Å². The molecule has 1 amide bonds. The molecule has 0 unspecified atom stereocenters. The van der Waals surface area contributed by atoms with Crippen LogP contribution in [0.2, 0.25) is 0 Å². The molecule has 0 bridgehead atoms. The molecule has 1 N–H and O–H groups in total. The van der Waals surface area contributed by atoms with E-state index in [0.717, 1.165) is 12.2 Å². The standard InChI is InChI=1S/C5H7NO2S/c1-3-4(2)8-9-6-5(3)7/h1-2H3,(H,6,7). The Morgan fingerprint density at radius 1 is 1.56 bits per heavy atom. The third kappa shape index (κ3) is 1.18. The lowest BCUT2D eigenvalue weighted by Crippen LogP contribution is -2.22. The van der Waals surface area contributed by atoms with E-state index in [1.54, 1.807) is 13.8 Å². The van der Waals surface area contributed by atoms with Crippen LogP contribution in [-0.4, -0.2) is 5.91 Å². The second kappa shape index (κ2) is 2.31. The maximum Gasteiger partial charge on any atom is 0.262 e. The van der Waals surface area contributed by atoms with Gasteiger partial charge in [-0.15, -0.1) is 0 Å². The highest BCUT2D eigenvalue weighted by Gasteiger charge is 2.14. The van der Waals surface area contributed by atoms with Gasteiger partial charge in [0.1, 0.15) is 5.76 Å². The van der Waals surface area contributed by atoms with Gasteiger partial charge in [0.15, 0.2) is 12.2 Å². The Kier molecular flexibility index (Phi) is 1.66. The molecule has 1 aliphatic heterocycles. The minimum Gasteiger partial charge on any atom is -0.410 e. The van der Waals surface area contributed by atoms with E-state index in [-0.39, 0.29) is 5.91 Å². The van der Waals surface area contributed by atoms with E-state index in [4.69, 9.17) is 4.18 Å². The maximum absolute atomic E-state index is 10.7. The minimum atomic E-state index is -0.0660. The van der Waals surface area contributed by atoms with Crippen LogP contribution >= 0.6 is 12.2 Å². The summed E-state index contributed by atoms with van der Waals surface area (Å²) < 4.78 is 7.38. The first-order valence-corrected chi connectivity index (χ1v) is 3.27. The molecule has 3 nitrogen and oxygen atoms in total. The van der Waals surface area contributed by atoms with Crippen molar-refractivity contribution in [2.24, 2.45) is 0 Å². The first kappa shape index (κ1) is 6.48. The largest absolute Gasteiger partial charge is 0.410 e. The number of carbonyl (C=O) groups is 1. The fraction of sp³-hybridized carbons (Fsp3) is 0.400. The average Bonchev–Trinajstić information content (AvgIpc) is 1.83. The van der Waals surface area contributed by atoms with E-state index in [0.29, 0.717) is 11.3 Å². The van der Waals surface area contributed by atoms with Crippen LogP contribution in [0, 0.1) is 0 Å². The van der Waals surface area contributed by atoms with E-state index in [1.807, 2.05) is 0 Å². The molecule has 0 aromatic carbocycles. The van der Waals surface area contributed by atoms with Crippen LogP contribution < -0.4 is 4.72 Å². The molecule has 0 aliphatic carbocycles. The number of amides is 1. The van der Waals surface area contributed by atoms with E-state index in [1.165, 1.54) is 0 Å². The highest BCUT2D eigenvalue weighted by Crippen LogP contribution is 2.17. The van der Waals surface area contributed by atoms with Crippen LogP contribution in [0.4, 0.5) is 0 Å². The van der Waals surface area contributed by atoms with Crippen LogP contribution in [0.5, 0.6) is 0 Å². The SMILES string of the molecule is CC1=C(C)C(=O)NSO1. The highest BCUT2D eigenvalue weighted by atomic mass is 32.2. The third-order valence-corrected chi connectivity index (χ3v) is 1.77. The molecular formula is C5H7NO2S. The molecular weight excluding hydrogens is 138 g/mol. The molecule has 0 atom stereocenters. The molecule has 0 saturated carbocycles. The molecule has 4 heteroatoms. The summed E-state index contributed by atoms with van der Waals surface area (Å²) in [7, 11) is 0. The molecule has 0 saturated heterocycles. The first-order valence-electron chi connectivity index (χ1n) is 2.53. The molecule has 0 fully saturated rings. The van der Waals surface area contributed by atoms with Crippen molar-refractivity contribution < 1.29 is 8.98 Å². The maximum atomic E-state index is 10.7. The van der Waals surface area contributed by atoms with Crippen molar-refractivity contribution in [3.63, 3.8) is 0 Å². The smallest absolute Gasteiger partial charge is 0.262 e. The van der Waals surface area contributed by atoms with Gasteiger partial charge in [-0.25, -0.2) is 0 Å². The Hall–Kier alpha value is -0.640. The number of rotatable bonds is 0. The van der Waals surface area contributed by atoms with Crippen LogP contribution in [0.15, 0.2) is 11.3 Å². The van der Waals surface area contributed by atoms with Gasteiger partial charge in [0, 0.05) is 0 Å². The zero-order chi connectivity index (χ0) is 6.85. The Labute approximate surface area is 57.8 Å². The minimum absolute atomic E-state index is 0.0660. The van der Waals surface area contributed by atoms with Crippen molar-refractivity contribution in [2.45, 2.75) is 13.8 Å². The summed E-state index contributed by atoms with van der Waals surface area (Å²) in [5.41, 5.74) is 0.647. The second-order valence-electron chi connectivity index (χ2n) is 1.78. The second-order valence-corrected chi connectivity index (χ2v) is 2.32. The first-order chi connectivity index (χ1) is 4.22. The topological polar surface area (TPSA) is 38.3 Å². The summed E-state index contributed by atoms with van der Waals surface area (Å²) in [6, 6.07) is 0. The van der Waals surface area contributed by atoms with Gasteiger partial charge in [0.2, 0.25) is 0 Å². The van der Waals surface area contributed by atoms with E-state index in [2.05, 4.69) is 4.72 Å². The number of hydrogen-bond acceptors (Lipinski definition) is 3. The zero-order valence-electron chi connectivity index (χ0n) is 5.22. The van der Waals surface area contributed by atoms with Gasteiger partial charge in [-0.2, -0.15) is 0 Å². The van der Waals surface area contributed by atoms with Crippen molar-refractivity contribution in [2.75, 3.05) is 0 Å². The van der Waals surface area contributed by atoms with Crippen LogP contribution in [0.3, 0.4) is 0 Å². The lowest BCUT2D eigenvalue weighted by atomic mass is 10.2. The fourth-order valence-electron chi connectivity index (χ4n) is 0.420. The van der Waals surface area contributed by atoms with Gasteiger partial charge in [0.25, 0.3) is 5.91 Å². The van der Waals surface area contributed by atoms with Gasteiger partial charge in [-0.05, 0) is 13.8 Å². The molecule has 0 radical (unpaired) electrons. The van der Waals surface area contributed by atoms with E-state index < -0.39 is 0 Å². The van der Waals surface area contributed by atoms with Crippen LogP contribution in [-0.2, 0) is 8.98 Å². The Morgan fingerprint density at radius 3 is 2.67 bits per heavy atom. The highest BCUT2D eigenvalue weighted by molar-refractivity contribution is 7.93. The van der Waals surface area contributed by atoms with Gasteiger partial charge < -0.3 is 4.18 Å². The lowest BCUT2D eigenvalue weighted by Gasteiger charge is -2.12. The molecule has 0 aromatic heterocycles. The predicted molar refractivity (Wildman–Crippen MR) is 35.2 cm³/mol. The molecule has 0 spiro atoms. The Bertz CT molecular complexity index is 176. The van der Waals surface area contributed by atoms with Crippen molar-refractivity contribution >= 4 is 18.1 Å². The lowest BCUT2D eigenvalue weighted by molar-refractivity contribution is -0.116. The number of nitrogens with one attached hydrogen (secondary N) is 1. The molecule has 9 heavy (non-hydrogen) atoms. The molecule has 1 aliphatic rings. The van der Waals surface area contributed by atoms with Gasteiger partial charge in [0.05, 0.1) is 5.57 Å². The van der Waals surface area contributed by atoms with Gasteiger partial charge >= 0.3 is 0 Å². The third-order valence-electron chi connectivity index (χ3n) is 1.17. The molecule has 1 heterocycles.